The molecule has 3 heterocycles. The first-order chi connectivity index (χ1) is 13.3. The van der Waals surface area contributed by atoms with Crippen LogP contribution in [0.2, 0.25) is 0 Å². The molecule has 7 nitrogen and oxygen atoms in total. The zero-order chi connectivity index (χ0) is 18.5. The van der Waals surface area contributed by atoms with Crippen molar-refractivity contribution in [2.45, 2.75) is 12.3 Å². The first kappa shape index (κ1) is 17.4. The molecule has 0 saturated carbocycles. The minimum atomic E-state index is -0.100. The molecule has 1 aliphatic heterocycles. The van der Waals surface area contributed by atoms with Crippen molar-refractivity contribution in [1.82, 2.24) is 30.0 Å². The van der Waals surface area contributed by atoms with Crippen LogP contribution in [0.25, 0.3) is 5.82 Å². The van der Waals surface area contributed by atoms with Gasteiger partial charge in [0.25, 0.3) is 5.91 Å². The molecule has 7 heteroatoms. The highest BCUT2D eigenvalue weighted by atomic mass is 16.1. The third-order valence-electron chi connectivity index (χ3n) is 4.95. The van der Waals surface area contributed by atoms with Crippen molar-refractivity contribution in [1.29, 1.82) is 0 Å². The zero-order valence-corrected chi connectivity index (χ0v) is 15.0. The van der Waals surface area contributed by atoms with E-state index >= 15 is 0 Å². The molecule has 1 amide bonds. The van der Waals surface area contributed by atoms with Crippen LogP contribution in [0.3, 0.4) is 0 Å². The second kappa shape index (κ2) is 8.09. The van der Waals surface area contributed by atoms with Crippen molar-refractivity contribution < 1.29 is 4.79 Å². The van der Waals surface area contributed by atoms with Gasteiger partial charge < -0.3 is 10.2 Å². The van der Waals surface area contributed by atoms with Crippen molar-refractivity contribution in [2.24, 2.45) is 0 Å². The van der Waals surface area contributed by atoms with Crippen LogP contribution in [-0.4, -0.2) is 56.7 Å². The number of carbonyl (C=O) groups excluding carboxylic acids is 1. The number of nitrogens with one attached hydrogen (secondary N) is 1. The van der Waals surface area contributed by atoms with Gasteiger partial charge in [-0.05, 0) is 36.6 Å². The van der Waals surface area contributed by atoms with E-state index in [0.717, 1.165) is 19.6 Å². The Morgan fingerprint density at radius 2 is 1.93 bits per heavy atom. The summed E-state index contributed by atoms with van der Waals surface area (Å²) in [6.07, 6.45) is 5.89. The molecule has 27 heavy (non-hydrogen) atoms. The van der Waals surface area contributed by atoms with E-state index in [1.54, 1.807) is 35.6 Å². The quantitative estimate of drug-likeness (QED) is 0.725. The summed E-state index contributed by atoms with van der Waals surface area (Å²) >= 11 is 0. The Hall–Kier alpha value is -3.06. The van der Waals surface area contributed by atoms with E-state index in [1.807, 2.05) is 0 Å². The van der Waals surface area contributed by atoms with Gasteiger partial charge in [0.2, 0.25) is 0 Å². The molecule has 0 unspecified atom stereocenters. The molecule has 138 valence electrons. The predicted octanol–water partition coefficient (Wildman–Crippen LogP) is 1.88. The van der Waals surface area contributed by atoms with Crippen molar-refractivity contribution >= 4 is 5.91 Å². The lowest BCUT2D eigenvalue weighted by Gasteiger charge is -2.16. The molecule has 1 atom stereocenters. The fourth-order valence-electron chi connectivity index (χ4n) is 3.45. The number of pyridine rings is 1. The molecule has 1 fully saturated rings. The molecular formula is C20H22N6O. The summed E-state index contributed by atoms with van der Waals surface area (Å²) in [5.74, 6) is 1.17. The van der Waals surface area contributed by atoms with Gasteiger partial charge in [0.1, 0.15) is 18.5 Å². The molecule has 1 aromatic carbocycles. The Bertz CT molecular complexity index is 863. The second-order valence-electron chi connectivity index (χ2n) is 6.73. The predicted molar refractivity (Wildman–Crippen MR) is 102 cm³/mol. The highest BCUT2D eigenvalue weighted by Crippen LogP contribution is 2.26. The summed E-state index contributed by atoms with van der Waals surface area (Å²) in [5, 5.41) is 10.5. The molecule has 1 N–H and O–H groups in total. The van der Waals surface area contributed by atoms with E-state index in [4.69, 9.17) is 0 Å². The van der Waals surface area contributed by atoms with E-state index in [2.05, 4.69) is 55.7 Å². The number of aromatic nitrogens is 4. The molecule has 0 radical (unpaired) electrons. The molecule has 1 aliphatic rings. The monoisotopic (exact) mass is 362 g/mol. The number of hydrogen-bond acceptors (Lipinski definition) is 5. The number of amides is 1. The molecule has 2 aromatic heterocycles. The van der Waals surface area contributed by atoms with Crippen LogP contribution >= 0.6 is 0 Å². The fraction of sp³-hybridized carbons (Fsp3) is 0.300. The van der Waals surface area contributed by atoms with Crippen LogP contribution < -0.4 is 5.32 Å². The molecule has 0 bridgehead atoms. The molecule has 4 rings (SSSR count). The summed E-state index contributed by atoms with van der Waals surface area (Å²) in [7, 11) is 0. The lowest BCUT2D eigenvalue weighted by Crippen LogP contribution is -2.33. The zero-order valence-electron chi connectivity index (χ0n) is 15.0. The van der Waals surface area contributed by atoms with E-state index in [-0.39, 0.29) is 5.91 Å². The SMILES string of the molecule is O=C(NCCN1CC[C@H](c2ccccc2)C1)c1ccc(-n2cnnc2)nc1. The van der Waals surface area contributed by atoms with Gasteiger partial charge in [0.05, 0.1) is 5.56 Å². The largest absolute Gasteiger partial charge is 0.351 e. The molecule has 0 spiro atoms. The summed E-state index contributed by atoms with van der Waals surface area (Å²) in [6.45, 7) is 3.62. The number of carbonyl (C=O) groups is 1. The van der Waals surface area contributed by atoms with Crippen LogP contribution in [0.1, 0.15) is 28.3 Å². The minimum absolute atomic E-state index is 0.100. The van der Waals surface area contributed by atoms with Gasteiger partial charge >= 0.3 is 0 Å². The number of likely N-dealkylation sites (tertiary alicyclic amines) is 1. The second-order valence-corrected chi connectivity index (χ2v) is 6.73. The Morgan fingerprint density at radius 1 is 1.11 bits per heavy atom. The van der Waals surface area contributed by atoms with Crippen LogP contribution in [0, 0.1) is 0 Å². The van der Waals surface area contributed by atoms with Gasteiger partial charge in [0.15, 0.2) is 0 Å². The van der Waals surface area contributed by atoms with Crippen molar-refractivity contribution in [3.8, 4) is 5.82 Å². The number of benzene rings is 1. The first-order valence-electron chi connectivity index (χ1n) is 9.16. The summed E-state index contributed by atoms with van der Waals surface area (Å²) in [4.78, 5) is 19.0. The van der Waals surface area contributed by atoms with E-state index in [0.29, 0.717) is 23.8 Å². The number of nitrogens with zero attached hydrogens (tertiary/aromatic N) is 5. The third kappa shape index (κ3) is 4.20. The standard InChI is InChI=1S/C20H22N6O/c27-20(17-6-7-19(22-12-17)26-14-23-24-15-26)21-9-11-25-10-8-18(13-25)16-4-2-1-3-5-16/h1-7,12,14-15,18H,8-11,13H2,(H,21,27)/t18-/m0/s1. The summed E-state index contributed by atoms with van der Waals surface area (Å²) in [6, 6.07) is 14.2. The molecule has 0 aliphatic carbocycles. The third-order valence-corrected chi connectivity index (χ3v) is 4.95. The van der Waals surface area contributed by atoms with Crippen LogP contribution in [0.15, 0.2) is 61.3 Å². The Labute approximate surface area is 158 Å². The number of rotatable bonds is 6. The summed E-state index contributed by atoms with van der Waals surface area (Å²) in [5.41, 5.74) is 1.96. The van der Waals surface area contributed by atoms with Crippen molar-refractivity contribution in [3.63, 3.8) is 0 Å². The Kier molecular flexibility index (Phi) is 5.20. The molecular weight excluding hydrogens is 340 g/mol. The van der Waals surface area contributed by atoms with E-state index in [1.165, 1.54) is 12.0 Å². The smallest absolute Gasteiger partial charge is 0.252 e. The highest BCUT2D eigenvalue weighted by molar-refractivity contribution is 5.93. The molecule has 3 aromatic rings. The maximum absolute atomic E-state index is 12.3. The van der Waals surface area contributed by atoms with Crippen molar-refractivity contribution in [3.05, 3.63) is 72.4 Å². The van der Waals surface area contributed by atoms with Gasteiger partial charge in [-0.25, -0.2) is 4.98 Å². The molecule has 1 saturated heterocycles. The van der Waals surface area contributed by atoms with Gasteiger partial charge in [0, 0.05) is 25.8 Å². The average Bonchev–Trinajstić information content (AvgIpc) is 3.41. The topological polar surface area (TPSA) is 75.9 Å². The highest BCUT2D eigenvalue weighted by Gasteiger charge is 2.23. The summed E-state index contributed by atoms with van der Waals surface area (Å²) < 4.78 is 1.69. The average molecular weight is 362 g/mol. The van der Waals surface area contributed by atoms with E-state index < -0.39 is 0 Å². The lowest BCUT2D eigenvalue weighted by molar-refractivity contribution is 0.0949. The van der Waals surface area contributed by atoms with Gasteiger partial charge in [-0.15, -0.1) is 10.2 Å². The lowest BCUT2D eigenvalue weighted by atomic mass is 9.99. The number of hydrogen-bond donors (Lipinski definition) is 1. The fourth-order valence-corrected chi connectivity index (χ4v) is 3.45. The van der Waals surface area contributed by atoms with Gasteiger partial charge in [-0.2, -0.15) is 0 Å². The Morgan fingerprint density at radius 3 is 2.67 bits per heavy atom. The van der Waals surface area contributed by atoms with Crippen LogP contribution in [-0.2, 0) is 0 Å². The van der Waals surface area contributed by atoms with Gasteiger partial charge in [-0.3, -0.25) is 9.36 Å². The van der Waals surface area contributed by atoms with E-state index in [9.17, 15) is 4.79 Å². The normalized spacial score (nSPS) is 17.1. The minimum Gasteiger partial charge on any atom is -0.351 e. The Balaban J connectivity index is 1.24. The first-order valence-corrected chi connectivity index (χ1v) is 9.16. The van der Waals surface area contributed by atoms with Crippen LogP contribution in [0.4, 0.5) is 0 Å². The van der Waals surface area contributed by atoms with Crippen LogP contribution in [0.5, 0.6) is 0 Å². The van der Waals surface area contributed by atoms with Crippen molar-refractivity contribution in [2.75, 3.05) is 26.2 Å². The maximum Gasteiger partial charge on any atom is 0.252 e. The van der Waals surface area contributed by atoms with Gasteiger partial charge in [-0.1, -0.05) is 30.3 Å². The maximum atomic E-state index is 12.3.